The van der Waals surface area contributed by atoms with Gasteiger partial charge in [-0.2, -0.15) is 5.10 Å². The fraction of sp³-hybridized carbons (Fsp3) is 0.100. The summed E-state index contributed by atoms with van der Waals surface area (Å²) in [6, 6.07) is 6.12. The lowest BCUT2D eigenvalue weighted by atomic mass is 10.1. The van der Waals surface area contributed by atoms with Crippen molar-refractivity contribution in [1.82, 2.24) is 10.2 Å². The molecule has 0 atom stereocenters. The predicted molar refractivity (Wildman–Crippen MR) is 54.2 cm³/mol. The molecule has 3 heteroatoms. The van der Waals surface area contributed by atoms with Crippen molar-refractivity contribution in [2.45, 2.75) is 0 Å². The van der Waals surface area contributed by atoms with Crippen molar-refractivity contribution in [2.24, 2.45) is 5.73 Å². The Balaban J connectivity index is 2.42. The number of aromatic nitrogens is 2. The van der Waals surface area contributed by atoms with Gasteiger partial charge in [0.2, 0.25) is 0 Å². The van der Waals surface area contributed by atoms with Crippen LogP contribution in [-0.4, -0.2) is 16.7 Å². The summed E-state index contributed by atoms with van der Waals surface area (Å²) in [5, 5.41) is 7.98. The van der Waals surface area contributed by atoms with Gasteiger partial charge in [-0.1, -0.05) is 18.2 Å². The highest BCUT2D eigenvalue weighted by molar-refractivity contribution is 5.80. The third-order valence-electron chi connectivity index (χ3n) is 1.91. The highest BCUT2D eigenvalue weighted by Crippen LogP contribution is 2.13. The lowest BCUT2D eigenvalue weighted by Gasteiger charge is -1.92. The predicted octanol–water partition coefficient (Wildman–Crippen LogP) is 1.53. The first kappa shape index (κ1) is 8.01. The fourth-order valence-electron chi connectivity index (χ4n) is 1.27. The van der Waals surface area contributed by atoms with Crippen LogP contribution in [0.3, 0.4) is 0 Å². The summed E-state index contributed by atoms with van der Waals surface area (Å²) in [5.41, 5.74) is 7.58. The second-order valence-electron chi connectivity index (χ2n) is 2.85. The van der Waals surface area contributed by atoms with E-state index in [0.717, 1.165) is 16.5 Å². The van der Waals surface area contributed by atoms with Crippen molar-refractivity contribution in [3.8, 4) is 0 Å². The van der Waals surface area contributed by atoms with Crippen LogP contribution in [0.4, 0.5) is 0 Å². The van der Waals surface area contributed by atoms with Crippen molar-refractivity contribution in [1.29, 1.82) is 0 Å². The van der Waals surface area contributed by atoms with Gasteiger partial charge >= 0.3 is 0 Å². The van der Waals surface area contributed by atoms with Crippen molar-refractivity contribution >= 4 is 17.0 Å². The number of rotatable bonds is 2. The van der Waals surface area contributed by atoms with E-state index < -0.39 is 0 Å². The van der Waals surface area contributed by atoms with E-state index in [4.69, 9.17) is 5.73 Å². The van der Waals surface area contributed by atoms with Gasteiger partial charge in [-0.15, -0.1) is 0 Å². The number of fused-ring (bicyclic) bond motifs is 1. The molecule has 0 amide bonds. The zero-order chi connectivity index (χ0) is 9.10. The van der Waals surface area contributed by atoms with Crippen LogP contribution < -0.4 is 5.73 Å². The number of nitrogens with zero attached hydrogens (tertiary/aromatic N) is 1. The maximum absolute atomic E-state index is 5.36. The number of nitrogens with one attached hydrogen (secondary N) is 1. The Kier molecular flexibility index (Phi) is 2.10. The van der Waals surface area contributed by atoms with Crippen LogP contribution in [0.1, 0.15) is 5.56 Å². The molecule has 1 aromatic heterocycles. The lowest BCUT2D eigenvalue weighted by molar-refractivity contribution is 1.12. The van der Waals surface area contributed by atoms with Gasteiger partial charge in [0.15, 0.2) is 0 Å². The SMILES string of the molecule is NC/C=C/c1ccc2[nH]ncc2c1. The Morgan fingerprint density at radius 3 is 3.23 bits per heavy atom. The number of hydrogen-bond donors (Lipinski definition) is 2. The van der Waals surface area contributed by atoms with Gasteiger partial charge in [0, 0.05) is 11.9 Å². The number of H-pyrrole nitrogens is 1. The molecule has 3 N–H and O–H groups in total. The summed E-state index contributed by atoms with van der Waals surface area (Å²) < 4.78 is 0. The van der Waals surface area contributed by atoms with Crippen LogP contribution in [0.2, 0.25) is 0 Å². The normalized spacial score (nSPS) is 11.5. The highest BCUT2D eigenvalue weighted by Gasteiger charge is 1.94. The molecule has 0 saturated carbocycles. The molecule has 3 nitrogen and oxygen atoms in total. The van der Waals surface area contributed by atoms with E-state index in [1.165, 1.54) is 0 Å². The number of hydrogen-bond acceptors (Lipinski definition) is 2. The molecule has 1 aromatic carbocycles. The molecule has 0 spiro atoms. The average molecular weight is 173 g/mol. The van der Waals surface area contributed by atoms with Gasteiger partial charge < -0.3 is 5.73 Å². The molecule has 1 heterocycles. The number of benzene rings is 1. The van der Waals surface area contributed by atoms with Crippen molar-refractivity contribution in [3.05, 3.63) is 36.0 Å². The summed E-state index contributed by atoms with van der Waals surface area (Å²) in [6.45, 7) is 0.573. The first-order chi connectivity index (χ1) is 6.40. The van der Waals surface area contributed by atoms with E-state index in [0.29, 0.717) is 6.54 Å². The topological polar surface area (TPSA) is 54.7 Å². The van der Waals surface area contributed by atoms with Crippen LogP contribution in [0, 0.1) is 0 Å². The first-order valence-corrected chi connectivity index (χ1v) is 4.20. The molecule has 0 radical (unpaired) electrons. The summed E-state index contributed by atoms with van der Waals surface area (Å²) in [7, 11) is 0. The fourth-order valence-corrected chi connectivity index (χ4v) is 1.27. The zero-order valence-electron chi connectivity index (χ0n) is 7.20. The van der Waals surface area contributed by atoms with E-state index in [2.05, 4.69) is 16.3 Å². The van der Waals surface area contributed by atoms with Crippen LogP contribution in [0.15, 0.2) is 30.5 Å². The molecule has 0 aliphatic rings. The maximum Gasteiger partial charge on any atom is 0.0650 e. The number of aromatic amines is 1. The van der Waals surface area contributed by atoms with Crippen LogP contribution >= 0.6 is 0 Å². The molecule has 2 rings (SSSR count). The molecule has 2 aromatic rings. The maximum atomic E-state index is 5.36. The number of nitrogens with two attached hydrogens (primary N) is 1. The molecule has 0 aliphatic carbocycles. The molecule has 0 fully saturated rings. The molecule has 0 unspecified atom stereocenters. The summed E-state index contributed by atoms with van der Waals surface area (Å²) in [5.74, 6) is 0. The first-order valence-electron chi connectivity index (χ1n) is 4.20. The van der Waals surface area contributed by atoms with Gasteiger partial charge in [-0.3, -0.25) is 5.10 Å². The summed E-state index contributed by atoms with van der Waals surface area (Å²) >= 11 is 0. The second kappa shape index (κ2) is 3.41. The Hall–Kier alpha value is -1.61. The van der Waals surface area contributed by atoms with Crippen LogP contribution in [-0.2, 0) is 0 Å². The third-order valence-corrected chi connectivity index (χ3v) is 1.91. The minimum Gasteiger partial charge on any atom is -0.327 e. The van der Waals surface area contributed by atoms with Gasteiger partial charge in [0.05, 0.1) is 11.7 Å². The van der Waals surface area contributed by atoms with Crippen LogP contribution in [0.25, 0.3) is 17.0 Å². The Labute approximate surface area is 76.3 Å². The largest absolute Gasteiger partial charge is 0.327 e. The molecule has 66 valence electrons. The third kappa shape index (κ3) is 1.60. The Morgan fingerprint density at radius 1 is 1.46 bits per heavy atom. The minimum atomic E-state index is 0.573. The zero-order valence-corrected chi connectivity index (χ0v) is 7.20. The summed E-state index contributed by atoms with van der Waals surface area (Å²) in [6.07, 6.45) is 5.75. The monoisotopic (exact) mass is 173 g/mol. The van der Waals surface area contributed by atoms with Gasteiger partial charge in [-0.25, -0.2) is 0 Å². The van der Waals surface area contributed by atoms with E-state index >= 15 is 0 Å². The molecule has 0 bridgehead atoms. The average Bonchev–Trinajstić information content (AvgIpc) is 2.61. The smallest absolute Gasteiger partial charge is 0.0650 e. The minimum absolute atomic E-state index is 0.573. The van der Waals surface area contributed by atoms with Crippen LogP contribution in [0.5, 0.6) is 0 Å². The van der Waals surface area contributed by atoms with E-state index in [1.54, 1.807) is 0 Å². The van der Waals surface area contributed by atoms with E-state index in [9.17, 15) is 0 Å². The van der Waals surface area contributed by atoms with Gasteiger partial charge in [-0.05, 0) is 17.7 Å². The van der Waals surface area contributed by atoms with E-state index in [1.807, 2.05) is 30.5 Å². The van der Waals surface area contributed by atoms with Crippen molar-refractivity contribution < 1.29 is 0 Å². The van der Waals surface area contributed by atoms with Crippen molar-refractivity contribution in [2.75, 3.05) is 6.54 Å². The lowest BCUT2D eigenvalue weighted by Crippen LogP contribution is -1.91. The van der Waals surface area contributed by atoms with Gasteiger partial charge in [0.1, 0.15) is 0 Å². The second-order valence-corrected chi connectivity index (χ2v) is 2.85. The Morgan fingerprint density at radius 2 is 2.38 bits per heavy atom. The highest BCUT2D eigenvalue weighted by atomic mass is 15.1. The molecule has 0 saturated heterocycles. The standard InChI is InChI=1S/C10H11N3/c11-5-1-2-8-3-4-10-9(6-8)7-12-13-10/h1-4,6-7H,5,11H2,(H,12,13)/b2-1+. The molecular formula is C10H11N3. The van der Waals surface area contributed by atoms with Crippen molar-refractivity contribution in [3.63, 3.8) is 0 Å². The molecule has 13 heavy (non-hydrogen) atoms. The summed E-state index contributed by atoms with van der Waals surface area (Å²) in [4.78, 5) is 0. The van der Waals surface area contributed by atoms with Gasteiger partial charge in [0.25, 0.3) is 0 Å². The van der Waals surface area contributed by atoms with E-state index in [-0.39, 0.29) is 0 Å². The Bertz CT molecular complexity index is 428. The molecule has 0 aliphatic heterocycles. The molecular weight excluding hydrogens is 162 g/mol. The quantitative estimate of drug-likeness (QED) is 0.723.